The first kappa shape index (κ1) is 17.8. The highest BCUT2D eigenvalue weighted by molar-refractivity contribution is 5.71. The van der Waals surface area contributed by atoms with E-state index in [4.69, 9.17) is 0 Å². The van der Waals surface area contributed by atoms with Gasteiger partial charge in [0.05, 0.1) is 0 Å². The minimum absolute atomic E-state index is 0.140. The van der Waals surface area contributed by atoms with Gasteiger partial charge < -0.3 is 4.90 Å². The molecule has 2 aliphatic rings. The first-order valence-electron chi connectivity index (χ1n) is 9.10. The molecule has 1 saturated carbocycles. The van der Waals surface area contributed by atoms with Crippen molar-refractivity contribution >= 4 is 24.8 Å². The van der Waals surface area contributed by atoms with Crippen molar-refractivity contribution in [1.82, 2.24) is 4.90 Å². The second-order valence-electron chi connectivity index (χ2n) is 6.84. The normalized spacial score (nSPS) is 20.8. The number of aliphatic imine (C=N–C) groups is 2. The van der Waals surface area contributed by atoms with Crippen molar-refractivity contribution in [3.05, 3.63) is 35.8 Å². The molecule has 1 aromatic rings. The maximum Gasteiger partial charge on any atom is 0.238 e. The molecule has 1 saturated heterocycles. The van der Waals surface area contributed by atoms with Gasteiger partial charge in [0.2, 0.25) is 5.95 Å². The lowest BCUT2D eigenvalue weighted by molar-refractivity contribution is 0.162. The molecule has 25 heavy (non-hydrogen) atoms. The quantitative estimate of drug-likeness (QED) is 0.554. The number of halogens is 1. The molecule has 2 fully saturated rings. The Morgan fingerprint density at radius 1 is 1.12 bits per heavy atom. The SMILES string of the molecule is C=N/C(F)=C(\N=C)c1ccc(N2CCN(C(CC)C3CC3)CC2)cc1. The Labute approximate surface area is 149 Å². The summed E-state index contributed by atoms with van der Waals surface area (Å²) in [5.41, 5.74) is 1.97. The fourth-order valence-corrected chi connectivity index (χ4v) is 3.86. The summed E-state index contributed by atoms with van der Waals surface area (Å²) in [4.78, 5) is 12.1. The summed E-state index contributed by atoms with van der Waals surface area (Å²) in [6, 6.07) is 8.55. The maximum absolute atomic E-state index is 13.7. The molecule has 0 radical (unpaired) electrons. The van der Waals surface area contributed by atoms with Crippen molar-refractivity contribution in [2.24, 2.45) is 15.9 Å². The Morgan fingerprint density at radius 2 is 1.76 bits per heavy atom. The summed E-state index contributed by atoms with van der Waals surface area (Å²) in [6.07, 6.45) is 4.07. The van der Waals surface area contributed by atoms with Crippen LogP contribution in [0, 0.1) is 5.92 Å². The molecule has 0 spiro atoms. The Hall–Kier alpha value is -2.01. The van der Waals surface area contributed by atoms with Crippen LogP contribution in [0.3, 0.4) is 0 Å². The highest BCUT2D eigenvalue weighted by Gasteiger charge is 2.35. The smallest absolute Gasteiger partial charge is 0.238 e. The van der Waals surface area contributed by atoms with Crippen molar-refractivity contribution < 1.29 is 4.39 Å². The van der Waals surface area contributed by atoms with Crippen LogP contribution in [0.2, 0.25) is 0 Å². The fourth-order valence-electron chi connectivity index (χ4n) is 3.86. The van der Waals surface area contributed by atoms with Gasteiger partial charge in [-0.2, -0.15) is 4.39 Å². The van der Waals surface area contributed by atoms with E-state index in [1.54, 1.807) is 0 Å². The van der Waals surface area contributed by atoms with E-state index in [1.165, 1.54) is 24.9 Å². The van der Waals surface area contributed by atoms with Crippen molar-refractivity contribution in [1.29, 1.82) is 0 Å². The summed E-state index contributed by atoms with van der Waals surface area (Å²) in [5, 5.41) is 0. The molecule has 0 amide bonds. The summed E-state index contributed by atoms with van der Waals surface area (Å²) in [6.45, 7) is 13.2. The monoisotopic (exact) mass is 342 g/mol. The van der Waals surface area contributed by atoms with Crippen LogP contribution >= 0.6 is 0 Å². The zero-order valence-electron chi connectivity index (χ0n) is 15.0. The minimum Gasteiger partial charge on any atom is -0.369 e. The molecule has 1 aliphatic heterocycles. The van der Waals surface area contributed by atoms with Crippen LogP contribution in [0.15, 0.2) is 40.2 Å². The molecule has 1 aliphatic carbocycles. The molecule has 5 heteroatoms. The number of nitrogens with zero attached hydrogens (tertiary/aromatic N) is 4. The third-order valence-electron chi connectivity index (χ3n) is 5.37. The van der Waals surface area contributed by atoms with Gasteiger partial charge in [0.25, 0.3) is 0 Å². The summed E-state index contributed by atoms with van der Waals surface area (Å²) in [7, 11) is 0. The Morgan fingerprint density at radius 3 is 2.24 bits per heavy atom. The van der Waals surface area contributed by atoms with Crippen LogP contribution in [0.4, 0.5) is 10.1 Å². The molecule has 1 aromatic carbocycles. The lowest BCUT2D eigenvalue weighted by Gasteiger charge is -2.40. The van der Waals surface area contributed by atoms with E-state index in [0.717, 1.165) is 38.1 Å². The van der Waals surface area contributed by atoms with Crippen LogP contribution in [0.1, 0.15) is 31.7 Å². The predicted molar refractivity (Wildman–Crippen MR) is 104 cm³/mol. The van der Waals surface area contributed by atoms with E-state index < -0.39 is 5.95 Å². The second kappa shape index (κ2) is 7.91. The van der Waals surface area contributed by atoms with Crippen LogP contribution in [-0.2, 0) is 0 Å². The van der Waals surface area contributed by atoms with Crippen LogP contribution < -0.4 is 4.90 Å². The van der Waals surface area contributed by atoms with Crippen LogP contribution in [0.5, 0.6) is 0 Å². The lowest BCUT2D eigenvalue weighted by atomic mass is 10.1. The first-order valence-corrected chi connectivity index (χ1v) is 9.10. The molecule has 1 atom stereocenters. The number of rotatable bonds is 7. The van der Waals surface area contributed by atoms with E-state index >= 15 is 0 Å². The average molecular weight is 342 g/mol. The van der Waals surface area contributed by atoms with Gasteiger partial charge in [-0.1, -0.05) is 19.1 Å². The van der Waals surface area contributed by atoms with Gasteiger partial charge in [-0.15, -0.1) is 0 Å². The topological polar surface area (TPSA) is 31.2 Å². The first-order chi connectivity index (χ1) is 12.2. The highest BCUT2D eigenvalue weighted by Crippen LogP contribution is 2.37. The molecule has 134 valence electrons. The fraction of sp³-hybridized carbons (Fsp3) is 0.500. The third-order valence-corrected chi connectivity index (χ3v) is 5.37. The molecule has 1 unspecified atom stereocenters. The van der Waals surface area contributed by atoms with E-state index in [2.05, 4.69) is 40.1 Å². The Balaban J connectivity index is 1.64. The molecule has 0 N–H and O–H groups in total. The maximum atomic E-state index is 13.7. The molecule has 3 rings (SSSR count). The van der Waals surface area contributed by atoms with Crippen LogP contribution in [-0.4, -0.2) is 50.6 Å². The molecule has 4 nitrogen and oxygen atoms in total. The van der Waals surface area contributed by atoms with E-state index in [-0.39, 0.29) is 5.70 Å². The third kappa shape index (κ3) is 3.98. The van der Waals surface area contributed by atoms with Crippen molar-refractivity contribution in [2.45, 2.75) is 32.2 Å². The number of hydrogen-bond donors (Lipinski definition) is 0. The lowest BCUT2D eigenvalue weighted by Crippen LogP contribution is -2.51. The van der Waals surface area contributed by atoms with Crippen LogP contribution in [0.25, 0.3) is 5.70 Å². The van der Waals surface area contributed by atoms with Crippen molar-refractivity contribution in [2.75, 3.05) is 31.1 Å². The van der Waals surface area contributed by atoms with Gasteiger partial charge in [0.1, 0.15) is 5.70 Å². The Kier molecular flexibility index (Phi) is 5.63. The highest BCUT2D eigenvalue weighted by atomic mass is 19.1. The average Bonchev–Trinajstić information content (AvgIpc) is 3.49. The van der Waals surface area contributed by atoms with E-state index in [0.29, 0.717) is 5.56 Å². The van der Waals surface area contributed by atoms with Crippen molar-refractivity contribution in [3.63, 3.8) is 0 Å². The molecule has 0 bridgehead atoms. The van der Waals surface area contributed by atoms with E-state index in [9.17, 15) is 4.39 Å². The predicted octanol–water partition coefficient (Wildman–Crippen LogP) is 3.99. The largest absolute Gasteiger partial charge is 0.369 e. The number of anilines is 1. The zero-order valence-corrected chi connectivity index (χ0v) is 15.0. The molecular weight excluding hydrogens is 315 g/mol. The zero-order chi connectivity index (χ0) is 17.8. The molecular formula is C20H27FN4. The molecule has 0 aromatic heterocycles. The number of piperazine rings is 1. The number of benzene rings is 1. The second-order valence-corrected chi connectivity index (χ2v) is 6.84. The van der Waals surface area contributed by atoms with Gasteiger partial charge >= 0.3 is 0 Å². The van der Waals surface area contributed by atoms with Gasteiger partial charge in [0, 0.05) is 43.5 Å². The summed E-state index contributed by atoms with van der Waals surface area (Å²) >= 11 is 0. The summed E-state index contributed by atoms with van der Waals surface area (Å²) in [5.74, 6) is 0.239. The van der Waals surface area contributed by atoms with Crippen molar-refractivity contribution in [3.8, 4) is 0 Å². The standard InChI is InChI=1S/C20H27FN4/c1-4-18(15-5-6-15)25-13-11-24(12-14-25)17-9-7-16(8-10-17)19(22-2)20(21)23-3/h7-10,15,18H,2-6,11-14H2,1H3/b20-19-. The summed E-state index contributed by atoms with van der Waals surface area (Å²) < 4.78 is 13.7. The van der Waals surface area contributed by atoms with Gasteiger partial charge in [0.15, 0.2) is 0 Å². The van der Waals surface area contributed by atoms with Gasteiger partial charge in [-0.3, -0.25) is 9.89 Å². The number of hydrogen-bond acceptors (Lipinski definition) is 4. The minimum atomic E-state index is -0.693. The Bertz CT molecular complexity index is 640. The van der Waals surface area contributed by atoms with Gasteiger partial charge in [-0.05, 0) is 50.7 Å². The van der Waals surface area contributed by atoms with Gasteiger partial charge in [-0.25, -0.2) is 4.99 Å². The molecule has 1 heterocycles. The van der Waals surface area contributed by atoms with E-state index in [1.807, 2.05) is 24.3 Å².